The quantitative estimate of drug-likeness (QED) is 0.417. The van der Waals surface area contributed by atoms with E-state index in [0.717, 1.165) is 37.0 Å². The average molecular weight is 449 g/mol. The highest BCUT2D eigenvalue weighted by Crippen LogP contribution is 2.66. The molecular formula is C30H44OSi. The Bertz CT molecular complexity index is 890. The molecule has 1 nitrogen and oxygen atoms in total. The largest absolute Gasteiger partial charge is 0.295 e. The van der Waals surface area contributed by atoms with E-state index in [0.29, 0.717) is 11.2 Å². The summed E-state index contributed by atoms with van der Waals surface area (Å²) in [4.78, 5) is 12.4. The summed E-state index contributed by atoms with van der Waals surface area (Å²) in [6.07, 6.45) is 16.0. The molecule has 5 rings (SSSR count). The first kappa shape index (κ1) is 22.6. The molecule has 0 aromatic heterocycles. The van der Waals surface area contributed by atoms with Crippen LogP contribution >= 0.6 is 0 Å². The van der Waals surface area contributed by atoms with Gasteiger partial charge in [0, 0.05) is 14.5 Å². The number of hydrogen-bond donors (Lipinski definition) is 0. The highest BCUT2D eigenvalue weighted by atomic mass is 28.3. The van der Waals surface area contributed by atoms with Crippen LogP contribution in [0.15, 0.2) is 35.9 Å². The van der Waals surface area contributed by atoms with E-state index in [-0.39, 0.29) is 5.41 Å². The first-order valence-electron chi connectivity index (χ1n) is 13.5. The normalized spacial score (nSPS) is 36.8. The molecule has 0 radical (unpaired) electrons. The molecule has 1 aromatic carbocycles. The molecular weight excluding hydrogens is 404 g/mol. The minimum atomic E-state index is -0.995. The van der Waals surface area contributed by atoms with Gasteiger partial charge in [0.25, 0.3) is 0 Å². The van der Waals surface area contributed by atoms with Crippen LogP contribution in [0.5, 0.6) is 0 Å². The molecule has 0 spiro atoms. The second kappa shape index (κ2) is 8.26. The lowest BCUT2D eigenvalue weighted by Gasteiger charge is -2.58. The Morgan fingerprint density at radius 1 is 0.906 bits per heavy atom. The molecule has 0 aliphatic heterocycles. The van der Waals surface area contributed by atoms with Gasteiger partial charge in [-0.3, -0.25) is 4.79 Å². The van der Waals surface area contributed by atoms with Crippen molar-refractivity contribution in [3.63, 3.8) is 0 Å². The molecule has 32 heavy (non-hydrogen) atoms. The minimum absolute atomic E-state index is 0.251. The molecule has 3 fully saturated rings. The van der Waals surface area contributed by atoms with Crippen molar-refractivity contribution in [2.75, 3.05) is 0 Å². The maximum Gasteiger partial charge on any atom is 0.155 e. The van der Waals surface area contributed by atoms with E-state index in [2.05, 4.69) is 56.9 Å². The number of allylic oxidation sites excluding steroid dienone is 1. The monoisotopic (exact) mass is 448 g/mol. The number of fused-ring (bicyclic) bond motifs is 5. The average Bonchev–Trinajstić information content (AvgIpc) is 3.15. The molecule has 1 aromatic rings. The fourth-order valence-electron chi connectivity index (χ4n) is 8.39. The van der Waals surface area contributed by atoms with Crippen LogP contribution in [0.2, 0.25) is 25.7 Å². The molecule has 174 valence electrons. The van der Waals surface area contributed by atoms with Crippen LogP contribution in [0.25, 0.3) is 0 Å². The van der Waals surface area contributed by atoms with Gasteiger partial charge in [0.1, 0.15) is 0 Å². The van der Waals surface area contributed by atoms with E-state index >= 15 is 0 Å². The van der Waals surface area contributed by atoms with Gasteiger partial charge in [-0.25, -0.2) is 0 Å². The van der Waals surface area contributed by atoms with Crippen LogP contribution in [0.1, 0.15) is 75.8 Å². The molecule has 2 heteroatoms. The van der Waals surface area contributed by atoms with Crippen LogP contribution in [-0.2, 0) is 17.6 Å². The Labute approximate surface area is 197 Å². The van der Waals surface area contributed by atoms with E-state index in [1.54, 1.807) is 0 Å². The Hall–Kier alpha value is -1.15. The van der Waals surface area contributed by atoms with Gasteiger partial charge in [-0.15, -0.1) is 0 Å². The van der Waals surface area contributed by atoms with Gasteiger partial charge in [0.05, 0.1) is 0 Å². The van der Waals surface area contributed by atoms with Gasteiger partial charge in [0.2, 0.25) is 0 Å². The number of rotatable bonds is 5. The standard InChI is InChI=1S/C30H44OSi/c1-29-16-5-6-27(29)26-12-11-24-20-25(31)13-18-30(24,28(26)14-17-29)21-23-9-7-22(8-10-23)15-19-32(2,3)4/h7-10,20,26-28H,5-6,11-19,21H2,1-4H3/t26-,27-,28+,29-,30+/m0/s1. The second-order valence-electron chi connectivity index (χ2n) is 13.3. The number of ketones is 1. The van der Waals surface area contributed by atoms with Crippen molar-refractivity contribution in [3.8, 4) is 0 Å². The van der Waals surface area contributed by atoms with Gasteiger partial charge in [0.15, 0.2) is 5.78 Å². The molecule has 0 heterocycles. The van der Waals surface area contributed by atoms with Crippen molar-refractivity contribution < 1.29 is 4.79 Å². The highest BCUT2D eigenvalue weighted by molar-refractivity contribution is 6.76. The first-order chi connectivity index (χ1) is 15.2. The molecule has 0 saturated heterocycles. The lowest BCUT2D eigenvalue weighted by atomic mass is 9.46. The predicted octanol–water partition coefficient (Wildman–Crippen LogP) is 8.01. The molecule has 0 bridgehead atoms. The molecule has 4 aliphatic carbocycles. The van der Waals surface area contributed by atoms with Crippen molar-refractivity contribution in [1.82, 2.24) is 0 Å². The third kappa shape index (κ3) is 4.10. The molecule has 0 unspecified atom stereocenters. The van der Waals surface area contributed by atoms with E-state index in [1.165, 1.54) is 74.1 Å². The first-order valence-corrected chi connectivity index (χ1v) is 17.2. The number of carbonyl (C=O) groups excluding carboxylic acids is 1. The third-order valence-corrected chi connectivity index (χ3v) is 11.9. The Morgan fingerprint density at radius 3 is 2.41 bits per heavy atom. The maximum atomic E-state index is 12.4. The van der Waals surface area contributed by atoms with E-state index in [1.807, 2.05) is 0 Å². The van der Waals surface area contributed by atoms with Crippen molar-refractivity contribution in [1.29, 1.82) is 0 Å². The number of carbonyl (C=O) groups is 1. The van der Waals surface area contributed by atoms with E-state index < -0.39 is 8.07 Å². The van der Waals surface area contributed by atoms with Gasteiger partial charge < -0.3 is 0 Å². The zero-order valence-electron chi connectivity index (χ0n) is 21.0. The summed E-state index contributed by atoms with van der Waals surface area (Å²) in [6, 6.07) is 11.0. The van der Waals surface area contributed by atoms with Crippen LogP contribution in [-0.4, -0.2) is 13.9 Å². The zero-order chi connectivity index (χ0) is 22.6. The van der Waals surface area contributed by atoms with Gasteiger partial charge in [-0.05, 0) is 104 Å². The summed E-state index contributed by atoms with van der Waals surface area (Å²) in [5.41, 5.74) is 5.39. The van der Waals surface area contributed by atoms with Gasteiger partial charge in [-0.1, -0.05) is 68.9 Å². The summed E-state index contributed by atoms with van der Waals surface area (Å²) in [7, 11) is -0.995. The maximum absolute atomic E-state index is 12.4. The Balaban J connectivity index is 1.42. The number of benzene rings is 1. The van der Waals surface area contributed by atoms with Crippen molar-refractivity contribution in [3.05, 3.63) is 47.0 Å². The molecule has 0 amide bonds. The summed E-state index contributed by atoms with van der Waals surface area (Å²) in [5, 5.41) is 0. The van der Waals surface area contributed by atoms with Crippen LogP contribution in [0, 0.1) is 28.6 Å². The SMILES string of the molecule is C[C@@]12CCC[C@H]1[C@@H]1CCC3=CC(=O)CC[C@]3(Cc3ccc(CC[Si](C)(C)C)cc3)[C@@H]1CC2. The van der Waals surface area contributed by atoms with Crippen LogP contribution in [0.3, 0.4) is 0 Å². The molecule has 3 saturated carbocycles. The minimum Gasteiger partial charge on any atom is -0.295 e. The van der Waals surface area contributed by atoms with Crippen molar-refractivity contribution in [2.24, 2.45) is 28.6 Å². The fraction of sp³-hybridized carbons (Fsp3) is 0.700. The predicted molar refractivity (Wildman–Crippen MR) is 138 cm³/mol. The molecule has 4 aliphatic rings. The Kier molecular flexibility index (Phi) is 5.84. The molecule has 5 atom stereocenters. The van der Waals surface area contributed by atoms with E-state index in [4.69, 9.17) is 0 Å². The van der Waals surface area contributed by atoms with Crippen molar-refractivity contribution >= 4 is 13.9 Å². The molecule has 0 N–H and O–H groups in total. The highest BCUT2D eigenvalue weighted by Gasteiger charge is 2.57. The van der Waals surface area contributed by atoms with Crippen LogP contribution in [0.4, 0.5) is 0 Å². The summed E-state index contributed by atoms with van der Waals surface area (Å²) in [5.74, 6) is 2.99. The van der Waals surface area contributed by atoms with Crippen molar-refractivity contribution in [2.45, 2.75) is 103 Å². The fourth-order valence-corrected chi connectivity index (χ4v) is 9.43. The number of aryl methyl sites for hydroxylation is 1. The smallest absolute Gasteiger partial charge is 0.155 e. The zero-order valence-corrected chi connectivity index (χ0v) is 22.0. The van der Waals surface area contributed by atoms with Crippen LogP contribution < -0.4 is 0 Å². The topological polar surface area (TPSA) is 17.1 Å². The third-order valence-electron chi connectivity index (χ3n) is 10.2. The summed E-state index contributed by atoms with van der Waals surface area (Å²) >= 11 is 0. The van der Waals surface area contributed by atoms with E-state index in [9.17, 15) is 4.79 Å². The number of hydrogen-bond acceptors (Lipinski definition) is 1. The lowest BCUT2D eigenvalue weighted by molar-refractivity contribution is -0.117. The summed E-state index contributed by atoms with van der Waals surface area (Å²) < 4.78 is 0. The summed E-state index contributed by atoms with van der Waals surface area (Å²) in [6.45, 7) is 10.0. The van der Waals surface area contributed by atoms with Gasteiger partial charge >= 0.3 is 0 Å². The second-order valence-corrected chi connectivity index (χ2v) is 19.0. The Morgan fingerprint density at radius 2 is 1.66 bits per heavy atom. The van der Waals surface area contributed by atoms with Gasteiger partial charge in [-0.2, -0.15) is 0 Å². The lowest BCUT2D eigenvalue weighted by Crippen LogP contribution is -2.51.